The standard InChI is InChI=1S/C21H18N4O3/c26-19(24-16-8-9-18-17(11-16)21(28)23-12-22-18)10-3-13-1-4-14(5-2-13)20(27)25-15-6-7-15/h1-5,8-12,15H,6-7H2,(H,24,26)(H,25,27)(H,22,23,28)/b10-3+. The van der Waals surface area contributed by atoms with E-state index in [0.717, 1.165) is 18.4 Å². The van der Waals surface area contributed by atoms with Gasteiger partial charge in [-0.1, -0.05) is 12.1 Å². The molecule has 0 bridgehead atoms. The largest absolute Gasteiger partial charge is 0.349 e. The molecule has 1 aliphatic carbocycles. The van der Waals surface area contributed by atoms with Gasteiger partial charge in [-0.25, -0.2) is 4.98 Å². The lowest BCUT2D eigenvalue weighted by atomic mass is 10.1. The van der Waals surface area contributed by atoms with Crippen molar-refractivity contribution in [2.75, 3.05) is 5.32 Å². The first-order valence-electron chi connectivity index (χ1n) is 8.96. The fourth-order valence-corrected chi connectivity index (χ4v) is 2.74. The molecule has 1 aliphatic rings. The number of aromatic amines is 1. The maximum Gasteiger partial charge on any atom is 0.258 e. The van der Waals surface area contributed by atoms with Crippen molar-refractivity contribution in [1.82, 2.24) is 15.3 Å². The van der Waals surface area contributed by atoms with Gasteiger partial charge >= 0.3 is 0 Å². The molecule has 4 rings (SSSR count). The normalized spacial score (nSPS) is 13.6. The fraction of sp³-hybridized carbons (Fsp3) is 0.143. The summed E-state index contributed by atoms with van der Waals surface area (Å²) < 4.78 is 0. The Morgan fingerprint density at radius 3 is 2.64 bits per heavy atom. The minimum Gasteiger partial charge on any atom is -0.349 e. The summed E-state index contributed by atoms with van der Waals surface area (Å²) in [6.07, 6.45) is 6.49. The number of anilines is 1. The summed E-state index contributed by atoms with van der Waals surface area (Å²) in [6, 6.07) is 12.3. The topological polar surface area (TPSA) is 104 Å². The summed E-state index contributed by atoms with van der Waals surface area (Å²) in [5.74, 6) is -0.397. The molecule has 7 nitrogen and oxygen atoms in total. The Balaban J connectivity index is 1.40. The highest BCUT2D eigenvalue weighted by atomic mass is 16.2. The zero-order valence-electron chi connectivity index (χ0n) is 14.9. The van der Waals surface area contributed by atoms with Crippen molar-refractivity contribution in [2.24, 2.45) is 0 Å². The molecule has 0 aliphatic heterocycles. The summed E-state index contributed by atoms with van der Waals surface area (Å²) in [5, 5.41) is 6.06. The Kier molecular flexibility index (Phi) is 4.72. The Labute approximate surface area is 160 Å². The van der Waals surface area contributed by atoms with Crippen molar-refractivity contribution in [3.05, 3.63) is 76.3 Å². The third-order valence-electron chi connectivity index (χ3n) is 4.42. The second kappa shape index (κ2) is 7.48. The van der Waals surface area contributed by atoms with Gasteiger partial charge < -0.3 is 15.6 Å². The minimum absolute atomic E-state index is 0.0726. The average molecular weight is 374 g/mol. The van der Waals surface area contributed by atoms with Crippen molar-refractivity contribution >= 4 is 34.5 Å². The van der Waals surface area contributed by atoms with Crippen LogP contribution in [0.2, 0.25) is 0 Å². The second-order valence-electron chi connectivity index (χ2n) is 6.66. The molecule has 1 fully saturated rings. The van der Waals surface area contributed by atoms with E-state index in [0.29, 0.717) is 28.2 Å². The number of carbonyl (C=O) groups is 2. The first-order valence-corrected chi connectivity index (χ1v) is 8.96. The molecule has 0 unspecified atom stereocenters. The summed E-state index contributed by atoms with van der Waals surface area (Å²) in [7, 11) is 0. The zero-order chi connectivity index (χ0) is 19.5. The van der Waals surface area contributed by atoms with Gasteiger partial charge in [0.1, 0.15) is 0 Å². The summed E-state index contributed by atoms with van der Waals surface area (Å²) in [6.45, 7) is 0. The first-order chi connectivity index (χ1) is 13.6. The van der Waals surface area contributed by atoms with Crippen LogP contribution in [0.25, 0.3) is 17.0 Å². The molecule has 140 valence electrons. The van der Waals surface area contributed by atoms with Crippen LogP contribution in [0, 0.1) is 0 Å². The Morgan fingerprint density at radius 1 is 1.11 bits per heavy atom. The monoisotopic (exact) mass is 374 g/mol. The second-order valence-corrected chi connectivity index (χ2v) is 6.66. The van der Waals surface area contributed by atoms with Crippen molar-refractivity contribution in [1.29, 1.82) is 0 Å². The van der Waals surface area contributed by atoms with Gasteiger partial charge in [-0.2, -0.15) is 0 Å². The number of benzene rings is 2. The summed E-state index contributed by atoms with van der Waals surface area (Å²) >= 11 is 0. The summed E-state index contributed by atoms with van der Waals surface area (Å²) in [5.41, 5.74) is 2.21. The number of hydrogen-bond donors (Lipinski definition) is 3. The number of nitrogens with zero attached hydrogens (tertiary/aromatic N) is 1. The van der Waals surface area contributed by atoms with Gasteiger partial charge in [-0.3, -0.25) is 14.4 Å². The van der Waals surface area contributed by atoms with Crippen LogP contribution in [0.5, 0.6) is 0 Å². The van der Waals surface area contributed by atoms with E-state index in [-0.39, 0.29) is 17.4 Å². The quantitative estimate of drug-likeness (QED) is 0.597. The molecule has 7 heteroatoms. The number of amides is 2. The lowest BCUT2D eigenvalue weighted by molar-refractivity contribution is -0.111. The molecule has 2 amide bonds. The van der Waals surface area contributed by atoms with E-state index >= 15 is 0 Å². The number of H-pyrrole nitrogens is 1. The summed E-state index contributed by atoms with van der Waals surface area (Å²) in [4.78, 5) is 42.5. The average Bonchev–Trinajstić information content (AvgIpc) is 3.51. The third kappa shape index (κ3) is 4.15. The highest BCUT2D eigenvalue weighted by Gasteiger charge is 2.23. The SMILES string of the molecule is O=C(/C=C/c1ccc(C(=O)NC2CC2)cc1)Nc1ccc2nc[nH]c(=O)c2c1. The Bertz CT molecular complexity index is 1130. The van der Waals surface area contributed by atoms with E-state index in [1.165, 1.54) is 12.4 Å². The van der Waals surface area contributed by atoms with Crippen LogP contribution in [-0.2, 0) is 4.79 Å². The van der Waals surface area contributed by atoms with Gasteiger partial charge in [0.25, 0.3) is 11.5 Å². The predicted octanol–water partition coefficient (Wildman–Crippen LogP) is 2.47. The number of nitrogens with one attached hydrogen (secondary N) is 3. The molecule has 0 radical (unpaired) electrons. The van der Waals surface area contributed by atoms with Gasteiger partial charge in [-0.15, -0.1) is 0 Å². The van der Waals surface area contributed by atoms with Crippen LogP contribution < -0.4 is 16.2 Å². The smallest absolute Gasteiger partial charge is 0.258 e. The number of fused-ring (bicyclic) bond motifs is 1. The zero-order valence-corrected chi connectivity index (χ0v) is 14.9. The van der Waals surface area contributed by atoms with Crippen LogP contribution in [0.1, 0.15) is 28.8 Å². The minimum atomic E-state index is -0.324. The lowest BCUT2D eigenvalue weighted by Crippen LogP contribution is -2.25. The van der Waals surface area contributed by atoms with E-state index in [4.69, 9.17) is 0 Å². The molecular weight excluding hydrogens is 356 g/mol. The molecule has 1 saturated carbocycles. The van der Waals surface area contributed by atoms with E-state index in [1.54, 1.807) is 48.5 Å². The molecule has 0 spiro atoms. The highest BCUT2D eigenvalue weighted by Crippen LogP contribution is 2.19. The van der Waals surface area contributed by atoms with Crippen LogP contribution in [0.4, 0.5) is 5.69 Å². The molecule has 0 atom stereocenters. The molecule has 28 heavy (non-hydrogen) atoms. The van der Waals surface area contributed by atoms with Crippen LogP contribution in [-0.4, -0.2) is 27.8 Å². The molecule has 0 saturated heterocycles. The van der Waals surface area contributed by atoms with Crippen molar-refractivity contribution < 1.29 is 9.59 Å². The first kappa shape index (κ1) is 17.7. The van der Waals surface area contributed by atoms with Crippen molar-refractivity contribution in [3.63, 3.8) is 0 Å². The van der Waals surface area contributed by atoms with Crippen LogP contribution >= 0.6 is 0 Å². The van der Waals surface area contributed by atoms with Gasteiger partial charge in [0.05, 0.1) is 17.2 Å². The highest BCUT2D eigenvalue weighted by molar-refractivity contribution is 6.03. The van der Waals surface area contributed by atoms with Crippen LogP contribution in [0.15, 0.2) is 59.7 Å². The van der Waals surface area contributed by atoms with Gasteiger partial charge in [0.15, 0.2) is 0 Å². The molecule has 1 heterocycles. The third-order valence-corrected chi connectivity index (χ3v) is 4.42. The van der Waals surface area contributed by atoms with Gasteiger partial charge in [0, 0.05) is 23.4 Å². The number of carbonyl (C=O) groups excluding carboxylic acids is 2. The van der Waals surface area contributed by atoms with Crippen LogP contribution in [0.3, 0.4) is 0 Å². The van der Waals surface area contributed by atoms with E-state index in [2.05, 4.69) is 20.6 Å². The molecule has 3 N–H and O–H groups in total. The Morgan fingerprint density at radius 2 is 1.89 bits per heavy atom. The fourth-order valence-electron chi connectivity index (χ4n) is 2.74. The van der Waals surface area contributed by atoms with E-state index in [1.807, 2.05) is 0 Å². The Hall–Kier alpha value is -3.74. The van der Waals surface area contributed by atoms with Gasteiger partial charge in [0.2, 0.25) is 5.91 Å². The van der Waals surface area contributed by atoms with Gasteiger partial charge in [-0.05, 0) is 54.8 Å². The maximum absolute atomic E-state index is 12.1. The number of hydrogen-bond acceptors (Lipinski definition) is 4. The number of rotatable bonds is 5. The van der Waals surface area contributed by atoms with Crippen molar-refractivity contribution in [3.8, 4) is 0 Å². The number of aromatic nitrogens is 2. The molecular formula is C21H18N4O3. The predicted molar refractivity (Wildman–Crippen MR) is 107 cm³/mol. The van der Waals surface area contributed by atoms with E-state index in [9.17, 15) is 14.4 Å². The molecule has 3 aromatic rings. The molecule has 1 aromatic heterocycles. The lowest BCUT2D eigenvalue weighted by Gasteiger charge is -2.04. The van der Waals surface area contributed by atoms with E-state index < -0.39 is 0 Å². The van der Waals surface area contributed by atoms with Crippen molar-refractivity contribution in [2.45, 2.75) is 18.9 Å². The molecule has 2 aromatic carbocycles. The maximum atomic E-state index is 12.1.